The highest BCUT2D eigenvalue weighted by atomic mass is 16.2. The van der Waals surface area contributed by atoms with E-state index in [9.17, 15) is 9.59 Å². The minimum absolute atomic E-state index is 0.0812. The van der Waals surface area contributed by atoms with Gasteiger partial charge in [0.1, 0.15) is 0 Å². The smallest absolute Gasteiger partial charge is 0.235 e. The van der Waals surface area contributed by atoms with Crippen molar-refractivity contribution in [1.29, 1.82) is 0 Å². The van der Waals surface area contributed by atoms with Crippen LogP contribution in [-0.4, -0.2) is 17.9 Å². The van der Waals surface area contributed by atoms with E-state index in [1.165, 1.54) is 0 Å². The van der Waals surface area contributed by atoms with Crippen molar-refractivity contribution in [3.8, 4) is 0 Å². The van der Waals surface area contributed by atoms with Crippen LogP contribution in [0.1, 0.15) is 12.0 Å². The number of carbonyl (C=O) groups excluding carboxylic acids is 2. The molecule has 0 heterocycles. The van der Waals surface area contributed by atoms with E-state index >= 15 is 0 Å². The summed E-state index contributed by atoms with van der Waals surface area (Å²) in [7, 11) is 0. The third-order valence-corrected chi connectivity index (χ3v) is 2.14. The minimum Gasteiger partial charge on any atom is -0.370 e. The molecule has 0 bridgehead atoms. The Balaban J connectivity index is 2.50. The molecular formula is C11H15N3O2. The summed E-state index contributed by atoms with van der Waals surface area (Å²) in [4.78, 5) is 21.7. The topological polar surface area (TPSA) is 98.2 Å². The first-order valence-corrected chi connectivity index (χ1v) is 4.94. The number of primary amides is 2. The van der Waals surface area contributed by atoms with Crippen LogP contribution in [-0.2, 0) is 16.1 Å². The average molecular weight is 221 g/mol. The lowest BCUT2D eigenvalue weighted by atomic mass is 10.1. The quantitative estimate of drug-likeness (QED) is 0.604. The number of hydrogen-bond acceptors (Lipinski definition) is 3. The van der Waals surface area contributed by atoms with Crippen LogP contribution in [0.2, 0.25) is 0 Å². The molecule has 2 amide bonds. The van der Waals surface area contributed by atoms with Gasteiger partial charge in [0, 0.05) is 6.54 Å². The lowest BCUT2D eigenvalue weighted by molar-refractivity contribution is -0.125. The van der Waals surface area contributed by atoms with Gasteiger partial charge >= 0.3 is 0 Å². The molecule has 0 unspecified atom stereocenters. The summed E-state index contributed by atoms with van der Waals surface area (Å²) in [6.45, 7) is 0.474. The molecule has 0 aliphatic carbocycles. The standard InChI is InChI=1S/C11H15N3O2/c12-10(15)6-9(11(13)16)14-7-8-4-2-1-3-5-8/h1-5,9,14H,6-7H2,(H2,12,15)(H2,13,16)/t9-/m0/s1. The van der Waals surface area contributed by atoms with Gasteiger partial charge in [-0.3, -0.25) is 9.59 Å². The van der Waals surface area contributed by atoms with Crippen molar-refractivity contribution in [1.82, 2.24) is 5.32 Å². The van der Waals surface area contributed by atoms with Gasteiger partial charge in [0.05, 0.1) is 12.5 Å². The van der Waals surface area contributed by atoms with Gasteiger partial charge in [-0.05, 0) is 5.56 Å². The van der Waals surface area contributed by atoms with Gasteiger partial charge in [-0.15, -0.1) is 0 Å². The number of carbonyl (C=O) groups is 2. The highest BCUT2D eigenvalue weighted by molar-refractivity contribution is 5.86. The van der Waals surface area contributed by atoms with Crippen molar-refractivity contribution in [2.75, 3.05) is 0 Å². The van der Waals surface area contributed by atoms with Crippen LogP contribution in [0, 0.1) is 0 Å². The third kappa shape index (κ3) is 4.10. The van der Waals surface area contributed by atoms with Crippen molar-refractivity contribution in [3.05, 3.63) is 35.9 Å². The van der Waals surface area contributed by atoms with E-state index in [4.69, 9.17) is 11.5 Å². The predicted molar refractivity (Wildman–Crippen MR) is 60.1 cm³/mol. The molecule has 0 radical (unpaired) electrons. The first kappa shape index (κ1) is 12.2. The van der Waals surface area contributed by atoms with Gasteiger partial charge in [-0.25, -0.2) is 0 Å². The Bertz CT molecular complexity index is 365. The SMILES string of the molecule is NC(=O)C[C@H](NCc1ccccc1)C(N)=O. The molecule has 0 saturated heterocycles. The Morgan fingerprint density at radius 3 is 2.31 bits per heavy atom. The Labute approximate surface area is 93.8 Å². The van der Waals surface area contributed by atoms with E-state index in [1.54, 1.807) is 0 Å². The fraction of sp³-hybridized carbons (Fsp3) is 0.273. The number of nitrogens with two attached hydrogens (primary N) is 2. The van der Waals surface area contributed by atoms with E-state index in [-0.39, 0.29) is 6.42 Å². The minimum atomic E-state index is -0.710. The summed E-state index contributed by atoms with van der Waals surface area (Å²) in [5, 5.41) is 2.89. The summed E-state index contributed by atoms with van der Waals surface area (Å²) < 4.78 is 0. The van der Waals surface area contributed by atoms with Gasteiger partial charge in [-0.1, -0.05) is 30.3 Å². The van der Waals surface area contributed by atoms with Crippen LogP contribution in [0.25, 0.3) is 0 Å². The molecule has 0 aliphatic heterocycles. The van der Waals surface area contributed by atoms with E-state index in [0.717, 1.165) is 5.56 Å². The average Bonchev–Trinajstić information content (AvgIpc) is 2.25. The number of nitrogens with one attached hydrogen (secondary N) is 1. The first-order valence-electron chi connectivity index (χ1n) is 4.94. The maximum Gasteiger partial charge on any atom is 0.235 e. The molecular weight excluding hydrogens is 206 g/mol. The Morgan fingerprint density at radius 1 is 1.19 bits per heavy atom. The van der Waals surface area contributed by atoms with Crippen molar-refractivity contribution >= 4 is 11.8 Å². The largest absolute Gasteiger partial charge is 0.370 e. The van der Waals surface area contributed by atoms with Crippen molar-refractivity contribution in [3.63, 3.8) is 0 Å². The zero-order valence-electron chi connectivity index (χ0n) is 8.85. The van der Waals surface area contributed by atoms with E-state index in [0.29, 0.717) is 6.54 Å². The second-order valence-electron chi connectivity index (χ2n) is 3.49. The molecule has 0 saturated carbocycles. The van der Waals surface area contributed by atoms with Crippen LogP contribution in [0.4, 0.5) is 0 Å². The van der Waals surface area contributed by atoms with Crippen molar-refractivity contribution < 1.29 is 9.59 Å². The summed E-state index contributed by atoms with van der Waals surface area (Å²) >= 11 is 0. The van der Waals surface area contributed by atoms with Crippen LogP contribution in [0.5, 0.6) is 0 Å². The summed E-state index contributed by atoms with van der Waals surface area (Å²) in [6.07, 6.45) is -0.0812. The molecule has 0 aliphatic rings. The third-order valence-electron chi connectivity index (χ3n) is 2.14. The van der Waals surface area contributed by atoms with Crippen LogP contribution in [0.15, 0.2) is 30.3 Å². The monoisotopic (exact) mass is 221 g/mol. The molecule has 5 nitrogen and oxygen atoms in total. The highest BCUT2D eigenvalue weighted by Crippen LogP contribution is 1.99. The number of benzene rings is 1. The Hall–Kier alpha value is -1.88. The lowest BCUT2D eigenvalue weighted by Crippen LogP contribution is -2.43. The molecule has 86 valence electrons. The van der Waals surface area contributed by atoms with Crippen LogP contribution < -0.4 is 16.8 Å². The van der Waals surface area contributed by atoms with Crippen molar-refractivity contribution in [2.24, 2.45) is 11.5 Å². The van der Waals surface area contributed by atoms with E-state index in [2.05, 4.69) is 5.32 Å². The number of amides is 2. The highest BCUT2D eigenvalue weighted by Gasteiger charge is 2.16. The maximum absolute atomic E-state index is 11.0. The van der Waals surface area contributed by atoms with Crippen LogP contribution in [0.3, 0.4) is 0 Å². The predicted octanol–water partition coefficient (Wildman–Crippen LogP) is -0.495. The van der Waals surface area contributed by atoms with Crippen molar-refractivity contribution in [2.45, 2.75) is 19.0 Å². The lowest BCUT2D eigenvalue weighted by Gasteiger charge is -2.13. The zero-order chi connectivity index (χ0) is 12.0. The molecule has 1 rings (SSSR count). The molecule has 1 aromatic rings. The summed E-state index contributed by atoms with van der Waals surface area (Å²) in [6, 6.07) is 8.80. The normalized spacial score (nSPS) is 12.0. The fourth-order valence-electron chi connectivity index (χ4n) is 1.31. The molecule has 5 N–H and O–H groups in total. The molecule has 1 aromatic carbocycles. The number of hydrogen-bond donors (Lipinski definition) is 3. The molecule has 0 fully saturated rings. The molecule has 0 aromatic heterocycles. The second-order valence-corrected chi connectivity index (χ2v) is 3.49. The number of rotatable bonds is 6. The van der Waals surface area contributed by atoms with Gasteiger partial charge < -0.3 is 16.8 Å². The maximum atomic E-state index is 11.0. The Kier molecular flexibility index (Phi) is 4.47. The summed E-state index contributed by atoms with van der Waals surface area (Å²) in [5.74, 6) is -1.13. The Morgan fingerprint density at radius 2 is 1.81 bits per heavy atom. The summed E-state index contributed by atoms with van der Waals surface area (Å²) in [5.41, 5.74) is 11.2. The van der Waals surface area contributed by atoms with Gasteiger partial charge in [0.25, 0.3) is 0 Å². The zero-order valence-corrected chi connectivity index (χ0v) is 8.85. The van der Waals surface area contributed by atoms with E-state index in [1.807, 2.05) is 30.3 Å². The second kappa shape index (κ2) is 5.87. The van der Waals surface area contributed by atoms with Crippen LogP contribution >= 0.6 is 0 Å². The van der Waals surface area contributed by atoms with Gasteiger partial charge in [-0.2, -0.15) is 0 Å². The fourth-order valence-corrected chi connectivity index (χ4v) is 1.31. The molecule has 0 spiro atoms. The van der Waals surface area contributed by atoms with Gasteiger partial charge in [0.15, 0.2) is 0 Å². The first-order chi connectivity index (χ1) is 7.59. The molecule has 16 heavy (non-hydrogen) atoms. The van der Waals surface area contributed by atoms with E-state index < -0.39 is 17.9 Å². The molecule has 1 atom stereocenters. The molecule has 5 heteroatoms. The van der Waals surface area contributed by atoms with Gasteiger partial charge in [0.2, 0.25) is 11.8 Å².